The van der Waals surface area contributed by atoms with E-state index in [4.69, 9.17) is 0 Å². The third-order valence-corrected chi connectivity index (χ3v) is 4.53. The number of anilines is 2. The minimum Gasteiger partial charge on any atom is -0.367 e. The Kier molecular flexibility index (Phi) is 6.35. The molecule has 0 aliphatic carbocycles. The summed E-state index contributed by atoms with van der Waals surface area (Å²) in [4.78, 5) is 29.5. The summed E-state index contributed by atoms with van der Waals surface area (Å²) in [6, 6.07) is 5.60. The Hall–Kier alpha value is -2.70. The van der Waals surface area contributed by atoms with Crippen LogP contribution in [0.15, 0.2) is 36.8 Å². The second-order valence-electron chi connectivity index (χ2n) is 6.39. The van der Waals surface area contributed by atoms with Crippen molar-refractivity contribution < 1.29 is 4.79 Å². The van der Waals surface area contributed by atoms with E-state index < -0.39 is 0 Å². The zero-order chi connectivity index (χ0) is 18.2. The molecule has 0 aromatic carbocycles. The molecule has 138 valence electrons. The molecule has 0 bridgehead atoms. The molecule has 1 aliphatic heterocycles. The standard InChI is InChI=1S/C19H26N6O/c1-2-3-4-8-20-18(26)17-7-6-16(15-23-17)24-11-13-25(14-12-24)19-21-9-5-10-22-19/h5-7,9-10,15H,2-4,8,11-14H2,1H3,(H,20,26). The summed E-state index contributed by atoms with van der Waals surface area (Å²) in [5, 5.41) is 2.92. The van der Waals surface area contributed by atoms with Crippen LogP contribution in [-0.4, -0.2) is 53.6 Å². The van der Waals surface area contributed by atoms with Crippen LogP contribution >= 0.6 is 0 Å². The predicted octanol–water partition coefficient (Wildman–Crippen LogP) is 2.12. The highest BCUT2D eigenvalue weighted by atomic mass is 16.1. The molecular formula is C19H26N6O. The number of pyridine rings is 1. The van der Waals surface area contributed by atoms with Crippen LogP contribution < -0.4 is 15.1 Å². The molecule has 0 unspecified atom stereocenters. The van der Waals surface area contributed by atoms with Crippen molar-refractivity contribution in [2.24, 2.45) is 0 Å². The summed E-state index contributed by atoms with van der Waals surface area (Å²) < 4.78 is 0. The molecule has 1 saturated heterocycles. The van der Waals surface area contributed by atoms with E-state index in [0.717, 1.165) is 57.1 Å². The number of nitrogens with one attached hydrogen (secondary N) is 1. The van der Waals surface area contributed by atoms with Crippen LogP contribution in [0.5, 0.6) is 0 Å². The highest BCUT2D eigenvalue weighted by Crippen LogP contribution is 2.17. The molecule has 7 nitrogen and oxygen atoms in total. The topological polar surface area (TPSA) is 74.2 Å². The lowest BCUT2D eigenvalue weighted by atomic mass is 10.2. The van der Waals surface area contributed by atoms with E-state index in [0.29, 0.717) is 12.2 Å². The molecule has 0 atom stereocenters. The van der Waals surface area contributed by atoms with E-state index in [2.05, 4.69) is 37.0 Å². The quantitative estimate of drug-likeness (QED) is 0.768. The lowest BCUT2D eigenvalue weighted by molar-refractivity contribution is 0.0948. The lowest BCUT2D eigenvalue weighted by Gasteiger charge is -2.35. The highest BCUT2D eigenvalue weighted by molar-refractivity contribution is 5.92. The van der Waals surface area contributed by atoms with Crippen LogP contribution in [0.4, 0.5) is 11.6 Å². The van der Waals surface area contributed by atoms with Gasteiger partial charge in [-0.2, -0.15) is 0 Å². The molecule has 2 aromatic rings. The molecule has 3 rings (SSSR count). The van der Waals surface area contributed by atoms with E-state index in [1.165, 1.54) is 0 Å². The molecule has 26 heavy (non-hydrogen) atoms. The number of piperazine rings is 1. The Morgan fingerprint density at radius 2 is 1.77 bits per heavy atom. The second-order valence-corrected chi connectivity index (χ2v) is 6.39. The second kappa shape index (κ2) is 9.12. The molecule has 0 radical (unpaired) electrons. The first-order valence-electron chi connectivity index (χ1n) is 9.29. The van der Waals surface area contributed by atoms with E-state index in [9.17, 15) is 4.79 Å². The van der Waals surface area contributed by atoms with Gasteiger partial charge in [0.1, 0.15) is 5.69 Å². The normalized spacial score (nSPS) is 14.3. The Morgan fingerprint density at radius 3 is 2.42 bits per heavy atom. The first-order chi connectivity index (χ1) is 12.8. The molecule has 1 fully saturated rings. The van der Waals surface area contributed by atoms with Gasteiger partial charge < -0.3 is 15.1 Å². The number of carbonyl (C=O) groups excluding carboxylic acids is 1. The Bertz CT molecular complexity index is 683. The summed E-state index contributed by atoms with van der Waals surface area (Å²) in [6.45, 7) is 6.34. The maximum Gasteiger partial charge on any atom is 0.269 e. The fourth-order valence-electron chi connectivity index (χ4n) is 2.99. The van der Waals surface area contributed by atoms with E-state index >= 15 is 0 Å². The summed E-state index contributed by atoms with van der Waals surface area (Å²) >= 11 is 0. The predicted molar refractivity (Wildman–Crippen MR) is 103 cm³/mol. The van der Waals surface area contributed by atoms with Gasteiger partial charge in [-0.25, -0.2) is 15.0 Å². The number of unbranched alkanes of at least 4 members (excludes halogenated alkanes) is 2. The molecule has 1 aliphatic rings. The average molecular weight is 354 g/mol. The van der Waals surface area contributed by atoms with Gasteiger partial charge in [0.2, 0.25) is 5.95 Å². The monoisotopic (exact) mass is 354 g/mol. The summed E-state index contributed by atoms with van der Waals surface area (Å²) in [7, 11) is 0. The van der Waals surface area contributed by atoms with Crippen molar-refractivity contribution in [1.29, 1.82) is 0 Å². The number of hydrogen-bond acceptors (Lipinski definition) is 6. The van der Waals surface area contributed by atoms with Crippen LogP contribution in [0.1, 0.15) is 36.7 Å². The smallest absolute Gasteiger partial charge is 0.269 e. The third kappa shape index (κ3) is 4.68. The van der Waals surface area contributed by atoms with E-state index in [-0.39, 0.29) is 5.91 Å². The first kappa shape index (κ1) is 18.1. The van der Waals surface area contributed by atoms with Crippen molar-refractivity contribution in [3.8, 4) is 0 Å². The van der Waals surface area contributed by atoms with Gasteiger partial charge in [-0.15, -0.1) is 0 Å². The van der Waals surface area contributed by atoms with E-state index in [1.807, 2.05) is 12.1 Å². The van der Waals surface area contributed by atoms with Crippen LogP contribution in [0.3, 0.4) is 0 Å². The molecule has 1 amide bonds. The highest BCUT2D eigenvalue weighted by Gasteiger charge is 2.19. The molecule has 3 heterocycles. The molecule has 7 heteroatoms. The van der Waals surface area contributed by atoms with Crippen LogP contribution in [-0.2, 0) is 0 Å². The molecule has 1 N–H and O–H groups in total. The lowest BCUT2D eigenvalue weighted by Crippen LogP contribution is -2.47. The zero-order valence-corrected chi connectivity index (χ0v) is 15.3. The first-order valence-corrected chi connectivity index (χ1v) is 9.29. The van der Waals surface area contributed by atoms with Crippen molar-refractivity contribution in [1.82, 2.24) is 20.3 Å². The van der Waals surface area contributed by atoms with Gasteiger partial charge in [0.15, 0.2) is 0 Å². The summed E-state index contributed by atoms with van der Waals surface area (Å²) in [6.07, 6.45) is 8.61. The van der Waals surface area contributed by atoms with Crippen LogP contribution in [0.25, 0.3) is 0 Å². The Labute approximate surface area is 154 Å². The third-order valence-electron chi connectivity index (χ3n) is 4.53. The average Bonchev–Trinajstić information content (AvgIpc) is 2.72. The number of rotatable bonds is 7. The zero-order valence-electron chi connectivity index (χ0n) is 15.3. The fraction of sp³-hybridized carbons (Fsp3) is 0.474. The largest absolute Gasteiger partial charge is 0.367 e. The SMILES string of the molecule is CCCCCNC(=O)c1ccc(N2CCN(c3ncccn3)CC2)cn1. The van der Waals surface area contributed by atoms with Crippen LogP contribution in [0.2, 0.25) is 0 Å². The minimum absolute atomic E-state index is 0.0984. The van der Waals surface area contributed by atoms with Gasteiger partial charge in [0, 0.05) is 45.1 Å². The Morgan fingerprint density at radius 1 is 1.04 bits per heavy atom. The number of hydrogen-bond donors (Lipinski definition) is 1. The maximum absolute atomic E-state index is 12.1. The van der Waals surface area contributed by atoms with Crippen molar-refractivity contribution in [2.75, 3.05) is 42.5 Å². The van der Waals surface area contributed by atoms with Gasteiger partial charge in [0.25, 0.3) is 5.91 Å². The summed E-state index contributed by atoms with van der Waals surface area (Å²) in [5.74, 6) is 0.680. The van der Waals surface area contributed by atoms with Gasteiger partial charge in [-0.05, 0) is 24.6 Å². The number of aromatic nitrogens is 3. The summed E-state index contributed by atoms with van der Waals surface area (Å²) in [5.41, 5.74) is 1.52. The van der Waals surface area contributed by atoms with Crippen molar-refractivity contribution >= 4 is 17.5 Å². The number of amides is 1. The molecule has 2 aromatic heterocycles. The molecular weight excluding hydrogens is 328 g/mol. The van der Waals surface area contributed by atoms with Gasteiger partial charge in [0.05, 0.1) is 11.9 Å². The molecule has 0 saturated carbocycles. The number of carbonyl (C=O) groups is 1. The number of nitrogens with zero attached hydrogens (tertiary/aromatic N) is 5. The van der Waals surface area contributed by atoms with Gasteiger partial charge in [-0.1, -0.05) is 19.8 Å². The Balaban J connectivity index is 1.51. The molecule has 0 spiro atoms. The van der Waals surface area contributed by atoms with E-state index in [1.54, 1.807) is 24.7 Å². The van der Waals surface area contributed by atoms with Crippen molar-refractivity contribution in [3.63, 3.8) is 0 Å². The van der Waals surface area contributed by atoms with Crippen molar-refractivity contribution in [3.05, 3.63) is 42.5 Å². The van der Waals surface area contributed by atoms with Gasteiger partial charge in [-0.3, -0.25) is 4.79 Å². The fourth-order valence-corrected chi connectivity index (χ4v) is 2.99. The maximum atomic E-state index is 12.1. The minimum atomic E-state index is -0.0984. The van der Waals surface area contributed by atoms with Crippen LogP contribution in [0, 0.1) is 0 Å². The van der Waals surface area contributed by atoms with Gasteiger partial charge >= 0.3 is 0 Å². The van der Waals surface area contributed by atoms with Crippen molar-refractivity contribution in [2.45, 2.75) is 26.2 Å².